The Morgan fingerprint density at radius 2 is 2.05 bits per heavy atom. The van der Waals surface area contributed by atoms with E-state index < -0.39 is 0 Å². The number of carbonyl (C=O) groups excluding carboxylic acids is 1. The Bertz CT molecular complexity index is 587. The zero-order chi connectivity index (χ0) is 14.7. The number of piperazine rings is 1. The van der Waals surface area contributed by atoms with Crippen LogP contribution in [0.3, 0.4) is 0 Å². The molecule has 0 aliphatic carbocycles. The summed E-state index contributed by atoms with van der Waals surface area (Å²) >= 11 is 1.75. The minimum atomic E-state index is 0.0807. The molecule has 0 bridgehead atoms. The molecule has 1 aromatic carbocycles. The molecule has 1 aliphatic rings. The molecule has 1 saturated heterocycles. The van der Waals surface area contributed by atoms with Gasteiger partial charge in [-0.3, -0.25) is 9.69 Å². The van der Waals surface area contributed by atoms with E-state index in [0.29, 0.717) is 0 Å². The SMILES string of the molecule is COCC(=O)N1CCN(Cc2nc3ccccc3s2)CC1. The molecular weight excluding hydrogens is 286 g/mol. The van der Waals surface area contributed by atoms with Crippen LogP contribution in [0.1, 0.15) is 5.01 Å². The van der Waals surface area contributed by atoms with Crippen LogP contribution < -0.4 is 0 Å². The highest BCUT2D eigenvalue weighted by atomic mass is 32.1. The van der Waals surface area contributed by atoms with Gasteiger partial charge in [0.15, 0.2) is 0 Å². The van der Waals surface area contributed by atoms with Crippen molar-refractivity contribution in [2.24, 2.45) is 0 Å². The third-order valence-electron chi connectivity index (χ3n) is 3.69. The maximum Gasteiger partial charge on any atom is 0.248 e. The number of thiazole rings is 1. The maximum absolute atomic E-state index is 11.8. The van der Waals surface area contributed by atoms with Crippen molar-refractivity contribution >= 4 is 27.5 Å². The molecule has 5 nitrogen and oxygen atoms in total. The molecule has 0 saturated carbocycles. The number of aromatic nitrogens is 1. The molecule has 112 valence electrons. The van der Waals surface area contributed by atoms with E-state index in [1.54, 1.807) is 18.4 Å². The summed E-state index contributed by atoms with van der Waals surface area (Å²) in [6, 6.07) is 8.23. The molecule has 1 aliphatic heterocycles. The van der Waals surface area contributed by atoms with Crippen LogP contribution in [0.25, 0.3) is 10.2 Å². The molecule has 0 N–H and O–H groups in total. The highest BCUT2D eigenvalue weighted by molar-refractivity contribution is 7.18. The predicted molar refractivity (Wildman–Crippen MR) is 83.4 cm³/mol. The fraction of sp³-hybridized carbons (Fsp3) is 0.467. The summed E-state index contributed by atoms with van der Waals surface area (Å²) < 4.78 is 6.14. The van der Waals surface area contributed by atoms with Gasteiger partial charge >= 0.3 is 0 Å². The molecule has 21 heavy (non-hydrogen) atoms. The van der Waals surface area contributed by atoms with Gasteiger partial charge in [0.2, 0.25) is 5.91 Å². The third-order valence-corrected chi connectivity index (χ3v) is 4.71. The van der Waals surface area contributed by atoms with Crippen molar-refractivity contribution in [1.82, 2.24) is 14.8 Å². The number of para-hydroxylation sites is 1. The van der Waals surface area contributed by atoms with Crippen molar-refractivity contribution in [3.63, 3.8) is 0 Å². The summed E-state index contributed by atoms with van der Waals surface area (Å²) in [5, 5.41) is 1.15. The zero-order valence-corrected chi connectivity index (χ0v) is 12.9. The summed E-state index contributed by atoms with van der Waals surface area (Å²) in [6.45, 7) is 4.38. The second kappa shape index (κ2) is 6.51. The Morgan fingerprint density at radius 3 is 2.76 bits per heavy atom. The standard InChI is InChI=1S/C15H19N3O2S/c1-20-11-15(19)18-8-6-17(7-9-18)10-14-16-12-4-2-3-5-13(12)21-14/h2-5H,6-11H2,1H3. The van der Waals surface area contributed by atoms with Crippen LogP contribution in [-0.4, -0.2) is 60.6 Å². The normalized spacial score (nSPS) is 16.5. The number of benzene rings is 1. The van der Waals surface area contributed by atoms with Crippen molar-refractivity contribution in [2.45, 2.75) is 6.54 Å². The van der Waals surface area contributed by atoms with E-state index in [-0.39, 0.29) is 12.5 Å². The summed E-state index contributed by atoms with van der Waals surface area (Å²) in [7, 11) is 1.56. The summed E-state index contributed by atoms with van der Waals surface area (Å²) in [4.78, 5) is 20.6. The quantitative estimate of drug-likeness (QED) is 0.860. The molecular formula is C15H19N3O2S. The summed E-state index contributed by atoms with van der Waals surface area (Å²) in [6.07, 6.45) is 0. The Kier molecular flexibility index (Phi) is 4.48. The number of nitrogens with zero attached hydrogens (tertiary/aromatic N) is 3. The lowest BCUT2D eigenvalue weighted by Crippen LogP contribution is -2.49. The number of rotatable bonds is 4. The van der Waals surface area contributed by atoms with Gasteiger partial charge in [-0.2, -0.15) is 0 Å². The minimum Gasteiger partial charge on any atom is -0.375 e. The molecule has 0 spiro atoms. The monoisotopic (exact) mass is 305 g/mol. The van der Waals surface area contributed by atoms with Gasteiger partial charge in [0.1, 0.15) is 11.6 Å². The van der Waals surface area contributed by atoms with Gasteiger partial charge in [-0.1, -0.05) is 12.1 Å². The van der Waals surface area contributed by atoms with Crippen LogP contribution in [0.2, 0.25) is 0 Å². The minimum absolute atomic E-state index is 0.0807. The van der Waals surface area contributed by atoms with Gasteiger partial charge in [-0.05, 0) is 12.1 Å². The highest BCUT2D eigenvalue weighted by Gasteiger charge is 2.21. The van der Waals surface area contributed by atoms with Crippen LogP contribution in [0, 0.1) is 0 Å². The number of amides is 1. The second-order valence-electron chi connectivity index (χ2n) is 5.17. The molecule has 1 aromatic heterocycles. The van der Waals surface area contributed by atoms with Crippen LogP contribution in [0.15, 0.2) is 24.3 Å². The number of fused-ring (bicyclic) bond motifs is 1. The molecule has 2 heterocycles. The fourth-order valence-electron chi connectivity index (χ4n) is 2.55. The first kappa shape index (κ1) is 14.4. The number of ether oxygens (including phenoxy) is 1. The second-order valence-corrected chi connectivity index (χ2v) is 6.28. The molecule has 0 atom stereocenters. The van der Waals surface area contributed by atoms with Crippen molar-refractivity contribution in [3.8, 4) is 0 Å². The number of hydrogen-bond donors (Lipinski definition) is 0. The topological polar surface area (TPSA) is 45.7 Å². The van der Waals surface area contributed by atoms with Gasteiger partial charge in [-0.15, -0.1) is 11.3 Å². The van der Waals surface area contributed by atoms with E-state index in [4.69, 9.17) is 4.74 Å². The van der Waals surface area contributed by atoms with Crippen LogP contribution in [-0.2, 0) is 16.1 Å². The van der Waals surface area contributed by atoms with E-state index in [1.165, 1.54) is 4.70 Å². The summed E-state index contributed by atoms with van der Waals surface area (Å²) in [5.74, 6) is 0.0807. The zero-order valence-electron chi connectivity index (χ0n) is 12.1. The first-order valence-corrected chi connectivity index (χ1v) is 7.91. The Morgan fingerprint density at radius 1 is 1.29 bits per heavy atom. The third kappa shape index (κ3) is 3.40. The van der Waals surface area contributed by atoms with Gasteiger partial charge in [0.25, 0.3) is 0 Å². The Hall–Kier alpha value is -1.50. The van der Waals surface area contributed by atoms with Crippen LogP contribution in [0.4, 0.5) is 0 Å². The number of carbonyl (C=O) groups is 1. The van der Waals surface area contributed by atoms with Crippen molar-refractivity contribution in [1.29, 1.82) is 0 Å². The highest BCUT2D eigenvalue weighted by Crippen LogP contribution is 2.22. The number of methoxy groups -OCH3 is 1. The first-order valence-electron chi connectivity index (χ1n) is 7.10. The molecule has 3 rings (SSSR count). The average Bonchev–Trinajstić information content (AvgIpc) is 2.90. The first-order chi connectivity index (χ1) is 10.3. The lowest BCUT2D eigenvalue weighted by atomic mass is 10.3. The average molecular weight is 305 g/mol. The van der Waals surface area contributed by atoms with Gasteiger partial charge in [0.05, 0.1) is 16.8 Å². The Balaban J connectivity index is 1.56. The fourth-order valence-corrected chi connectivity index (χ4v) is 3.56. The molecule has 0 unspecified atom stereocenters. The molecule has 1 amide bonds. The molecule has 6 heteroatoms. The molecule has 0 radical (unpaired) electrons. The maximum atomic E-state index is 11.8. The van der Waals surface area contributed by atoms with Crippen molar-refractivity contribution < 1.29 is 9.53 Å². The smallest absolute Gasteiger partial charge is 0.248 e. The van der Waals surface area contributed by atoms with Crippen molar-refractivity contribution in [2.75, 3.05) is 39.9 Å². The Labute approximate surface area is 128 Å². The molecule has 2 aromatic rings. The van der Waals surface area contributed by atoms with Gasteiger partial charge in [0, 0.05) is 33.3 Å². The van der Waals surface area contributed by atoms with Crippen molar-refractivity contribution in [3.05, 3.63) is 29.3 Å². The largest absolute Gasteiger partial charge is 0.375 e. The van der Waals surface area contributed by atoms with Gasteiger partial charge in [-0.25, -0.2) is 4.98 Å². The van der Waals surface area contributed by atoms with E-state index in [0.717, 1.165) is 43.2 Å². The van der Waals surface area contributed by atoms with E-state index in [1.807, 2.05) is 17.0 Å². The van der Waals surface area contributed by atoms with E-state index >= 15 is 0 Å². The lowest BCUT2D eigenvalue weighted by molar-refractivity contribution is -0.136. The molecule has 1 fully saturated rings. The number of hydrogen-bond acceptors (Lipinski definition) is 5. The van der Waals surface area contributed by atoms with E-state index in [9.17, 15) is 4.79 Å². The predicted octanol–water partition coefficient (Wildman–Crippen LogP) is 1.59. The van der Waals surface area contributed by atoms with Crippen LogP contribution in [0.5, 0.6) is 0 Å². The summed E-state index contributed by atoms with van der Waals surface area (Å²) in [5.41, 5.74) is 1.08. The lowest BCUT2D eigenvalue weighted by Gasteiger charge is -2.34. The van der Waals surface area contributed by atoms with E-state index in [2.05, 4.69) is 22.0 Å². The van der Waals surface area contributed by atoms with Crippen LogP contribution >= 0.6 is 11.3 Å². The van der Waals surface area contributed by atoms with Gasteiger partial charge < -0.3 is 9.64 Å².